The van der Waals surface area contributed by atoms with Gasteiger partial charge < -0.3 is 4.98 Å². The van der Waals surface area contributed by atoms with Crippen molar-refractivity contribution in [3.63, 3.8) is 0 Å². The van der Waals surface area contributed by atoms with Gasteiger partial charge in [0, 0.05) is 6.54 Å². The number of pyridine rings is 1. The first kappa shape index (κ1) is 27.9. The average Bonchev–Trinajstić information content (AvgIpc) is 3.49. The van der Waals surface area contributed by atoms with Gasteiger partial charge in [-0.2, -0.15) is 11.0 Å². The smallest absolute Gasteiger partial charge is 0.303 e. The van der Waals surface area contributed by atoms with E-state index < -0.39 is 0 Å². The Kier molecular flexibility index (Phi) is 13.6. The van der Waals surface area contributed by atoms with Crippen molar-refractivity contribution in [3.05, 3.63) is 89.5 Å². The molecule has 1 aliphatic heterocycles. The summed E-state index contributed by atoms with van der Waals surface area (Å²) in [5, 5.41) is 6.81. The van der Waals surface area contributed by atoms with Gasteiger partial charge in [0.15, 0.2) is 0 Å². The van der Waals surface area contributed by atoms with Crippen LogP contribution in [0.4, 0.5) is 0 Å². The van der Waals surface area contributed by atoms with Gasteiger partial charge in [-0.25, -0.2) is 12.1 Å². The maximum Gasteiger partial charge on any atom is 1.00 e. The quantitative estimate of drug-likeness (QED) is 0.390. The molecule has 0 radical (unpaired) electrons. The van der Waals surface area contributed by atoms with Crippen LogP contribution < -0.4 is 29.6 Å². The molecule has 1 N–H and O–H groups in total. The monoisotopic (exact) mass is 436 g/mol. The van der Waals surface area contributed by atoms with E-state index in [2.05, 4.69) is 75.8 Å². The first-order valence-electron chi connectivity index (χ1n) is 10.9. The first-order chi connectivity index (χ1) is 15.1. The number of aromatic nitrogens is 3. The van der Waals surface area contributed by atoms with E-state index in [1.807, 2.05) is 20.8 Å². The number of H-pyrrole nitrogens is 1. The molecule has 162 valence electrons. The number of aromatic amines is 1. The van der Waals surface area contributed by atoms with Crippen LogP contribution in [-0.2, 0) is 6.54 Å². The van der Waals surface area contributed by atoms with Gasteiger partial charge in [0.1, 0.15) is 0 Å². The van der Waals surface area contributed by atoms with E-state index in [0.29, 0.717) is 0 Å². The van der Waals surface area contributed by atoms with Crippen LogP contribution in [0.25, 0.3) is 5.57 Å². The maximum atomic E-state index is 3.94. The molecule has 0 spiro atoms. The molecule has 0 saturated carbocycles. The Morgan fingerprint density at radius 2 is 1.81 bits per heavy atom. The number of likely N-dealkylation sites (tertiary alicyclic amines) is 1. The van der Waals surface area contributed by atoms with Crippen molar-refractivity contribution in [2.75, 3.05) is 13.1 Å². The molecule has 0 unspecified atom stereocenters. The number of nitrogens with one attached hydrogen (secondary N) is 1. The minimum Gasteiger partial charge on any atom is -0.303 e. The molecule has 1 aliphatic rings. The van der Waals surface area contributed by atoms with Crippen LogP contribution >= 0.6 is 0 Å². The number of hydrogen-bond donors (Lipinski definition) is 1. The first-order valence-corrected chi connectivity index (χ1v) is 10.9. The summed E-state index contributed by atoms with van der Waals surface area (Å²) in [5.74, 6) is 6.02. The Morgan fingerprint density at radius 3 is 2.41 bits per heavy atom. The predicted octanol–water partition coefficient (Wildman–Crippen LogP) is 2.66. The number of allylic oxidation sites excluding steroid dienone is 1. The van der Waals surface area contributed by atoms with Crippen LogP contribution in [0, 0.1) is 24.8 Å². The van der Waals surface area contributed by atoms with E-state index >= 15 is 0 Å². The van der Waals surface area contributed by atoms with Gasteiger partial charge in [-0.05, 0) is 57.1 Å². The van der Waals surface area contributed by atoms with Crippen molar-refractivity contribution in [3.8, 4) is 11.8 Å². The predicted molar refractivity (Wildman–Crippen MR) is 129 cm³/mol. The van der Waals surface area contributed by atoms with Crippen molar-refractivity contribution in [1.82, 2.24) is 20.1 Å². The van der Waals surface area contributed by atoms with Crippen LogP contribution in [0.5, 0.6) is 0 Å². The molecule has 4 rings (SSSR count). The molecule has 2 aromatic heterocycles. The normalized spacial score (nSPS) is 12.1. The zero-order chi connectivity index (χ0) is 22.5. The van der Waals surface area contributed by atoms with Crippen LogP contribution in [0.15, 0.2) is 55.5 Å². The number of hydrogen-bond acceptors (Lipinski definition) is 3. The summed E-state index contributed by atoms with van der Waals surface area (Å²) >= 11 is 0. The van der Waals surface area contributed by atoms with Gasteiger partial charge in [-0.3, -0.25) is 10.00 Å². The minimum atomic E-state index is 0. The molecule has 5 heteroatoms. The molecular weight excluding hydrogens is 403 g/mol. The standard InChI is InChI=1S/C13H10N3.C12H17N.C2H6.Na/c1-10(2)13-12(9-15-16-13)6-5-11-4-3-7-14-8-11;1-11-4-6-12(7-5-11)10-13-8-2-3-9-13;1-2;/h4,7-9H,1H2,2H3,(H,15,16);4-7H,2-3,8-10H2,1H3;1-2H3;/q-1;;;+1. The van der Waals surface area contributed by atoms with Gasteiger partial charge >= 0.3 is 29.6 Å². The number of benzene rings is 1. The van der Waals surface area contributed by atoms with E-state index in [9.17, 15) is 0 Å². The third kappa shape index (κ3) is 9.54. The molecule has 3 aromatic rings. The van der Waals surface area contributed by atoms with Gasteiger partial charge in [0.05, 0.1) is 17.5 Å². The fourth-order valence-corrected chi connectivity index (χ4v) is 3.13. The molecule has 1 fully saturated rings. The molecule has 0 bridgehead atoms. The summed E-state index contributed by atoms with van der Waals surface area (Å²) in [7, 11) is 0. The molecular formula is C27H33N4Na. The molecule has 0 atom stereocenters. The van der Waals surface area contributed by atoms with Gasteiger partial charge in [-0.1, -0.05) is 62.4 Å². The Bertz CT molecular complexity index is 976. The SMILES string of the molecule is C=C(C)c1[nH]ncc1C#Cc1c[c-]cnc1.CC.Cc1ccc(CN2CCCC2)cc1.[Na+]. The molecule has 1 saturated heterocycles. The molecule has 32 heavy (non-hydrogen) atoms. The van der Waals surface area contributed by atoms with Gasteiger partial charge in [-0.15, -0.1) is 5.56 Å². The maximum absolute atomic E-state index is 3.94. The van der Waals surface area contributed by atoms with Crippen molar-refractivity contribution < 1.29 is 29.6 Å². The second kappa shape index (κ2) is 15.6. The molecule has 1 aromatic carbocycles. The van der Waals surface area contributed by atoms with Gasteiger partial charge in [0.2, 0.25) is 0 Å². The minimum absolute atomic E-state index is 0. The van der Waals surface area contributed by atoms with E-state index in [-0.39, 0.29) is 29.6 Å². The van der Waals surface area contributed by atoms with E-state index in [4.69, 9.17) is 0 Å². The third-order valence-corrected chi connectivity index (χ3v) is 4.73. The average molecular weight is 437 g/mol. The van der Waals surface area contributed by atoms with Crippen molar-refractivity contribution in [2.24, 2.45) is 0 Å². The zero-order valence-electron chi connectivity index (χ0n) is 20.2. The fraction of sp³-hybridized carbons (Fsp3) is 0.333. The van der Waals surface area contributed by atoms with Crippen molar-refractivity contribution >= 4 is 5.57 Å². The Balaban J connectivity index is 0.000000293. The Hall–Kier alpha value is -2.16. The topological polar surface area (TPSA) is 44.8 Å². The molecule has 0 amide bonds. The summed E-state index contributed by atoms with van der Waals surface area (Å²) in [6, 6.07) is 13.6. The summed E-state index contributed by atoms with van der Waals surface area (Å²) in [5.41, 5.74) is 6.27. The fourth-order valence-electron chi connectivity index (χ4n) is 3.13. The van der Waals surface area contributed by atoms with Crippen molar-refractivity contribution in [1.29, 1.82) is 0 Å². The van der Waals surface area contributed by atoms with E-state index in [1.54, 1.807) is 24.7 Å². The third-order valence-electron chi connectivity index (χ3n) is 4.73. The van der Waals surface area contributed by atoms with Crippen LogP contribution in [0.2, 0.25) is 0 Å². The largest absolute Gasteiger partial charge is 1.00 e. The van der Waals surface area contributed by atoms with Crippen LogP contribution in [0.3, 0.4) is 0 Å². The molecule has 4 nitrogen and oxygen atoms in total. The number of aryl methyl sites for hydroxylation is 1. The Labute approximate surface area is 215 Å². The summed E-state index contributed by atoms with van der Waals surface area (Å²) in [4.78, 5) is 6.48. The Morgan fingerprint density at radius 1 is 1.12 bits per heavy atom. The van der Waals surface area contributed by atoms with Gasteiger partial charge in [0.25, 0.3) is 0 Å². The van der Waals surface area contributed by atoms with Crippen LogP contribution in [0.1, 0.15) is 61.6 Å². The summed E-state index contributed by atoms with van der Waals surface area (Å²) < 4.78 is 0. The summed E-state index contributed by atoms with van der Waals surface area (Å²) in [6.45, 7) is 15.6. The second-order valence-electron chi connectivity index (χ2n) is 7.33. The van der Waals surface area contributed by atoms with E-state index in [0.717, 1.165) is 28.9 Å². The number of nitrogens with zero attached hydrogens (tertiary/aromatic N) is 3. The van der Waals surface area contributed by atoms with Crippen LogP contribution in [-0.4, -0.2) is 33.2 Å². The molecule has 3 heterocycles. The molecule has 0 aliphatic carbocycles. The zero-order valence-corrected chi connectivity index (χ0v) is 22.2. The summed E-state index contributed by atoms with van der Waals surface area (Å²) in [6.07, 6.45) is 7.75. The van der Waals surface area contributed by atoms with Crippen molar-refractivity contribution in [2.45, 2.75) is 47.1 Å². The number of rotatable bonds is 3. The second-order valence-corrected chi connectivity index (χ2v) is 7.33. The van der Waals surface area contributed by atoms with E-state index in [1.165, 1.54) is 37.1 Å².